The molecule has 0 N–H and O–H groups in total. The fraction of sp³-hybridized carbons (Fsp3) is 0.0207. The lowest BCUT2D eigenvalue weighted by atomic mass is 9.82. The van der Waals surface area contributed by atoms with Crippen LogP contribution in [0.4, 0.5) is 51.2 Å². The Kier molecular flexibility index (Phi) is 25.4. The molecule has 3 heteroatoms. The second-order valence-corrected chi connectivity index (χ2v) is 38.4. The van der Waals surface area contributed by atoms with Crippen molar-refractivity contribution in [2.75, 3.05) is 14.7 Å². The molecule has 1 aliphatic carbocycles. The summed E-state index contributed by atoms with van der Waals surface area (Å²) in [4.78, 5) is 7.27. The molecule has 0 saturated carbocycles. The molecule has 0 spiro atoms. The number of nitrogens with zero attached hydrogens (tertiary/aromatic N) is 3. The Morgan fingerprint density at radius 3 is 0.709 bits per heavy atom. The molecule has 0 radical (unpaired) electrons. The summed E-state index contributed by atoms with van der Waals surface area (Å²) in [6.07, 6.45) is 0. The van der Waals surface area contributed by atoms with Crippen molar-refractivity contribution in [1.82, 2.24) is 0 Å². The summed E-state index contributed by atoms with van der Waals surface area (Å²) in [7, 11) is 0. The van der Waals surface area contributed by atoms with Crippen molar-refractivity contribution in [2.45, 2.75) is 19.3 Å². The van der Waals surface area contributed by atoms with Crippen molar-refractivity contribution in [1.29, 1.82) is 0 Å². The average Bonchev–Trinajstić information content (AvgIpc) is 1.60. The molecular formula is C145H105N3. The molecule has 0 aliphatic heterocycles. The molecule has 148 heavy (non-hydrogen) atoms. The predicted molar refractivity (Wildman–Crippen MR) is 631 cm³/mol. The van der Waals surface area contributed by atoms with Crippen LogP contribution in [0.5, 0.6) is 0 Å². The molecule has 0 aromatic heterocycles. The average molecular weight is 1890 g/mol. The zero-order chi connectivity index (χ0) is 99.1. The molecule has 0 unspecified atom stereocenters. The minimum Gasteiger partial charge on any atom is -0.310 e. The van der Waals surface area contributed by atoms with E-state index in [1.54, 1.807) is 0 Å². The summed E-state index contributed by atoms with van der Waals surface area (Å²) in [5, 5.41) is 9.79. The molecule has 0 saturated heterocycles. The number of hydrogen-bond acceptors (Lipinski definition) is 3. The molecule has 700 valence electrons. The number of benzene rings is 25. The highest BCUT2D eigenvalue weighted by molar-refractivity contribution is 6.16. The third-order valence-corrected chi connectivity index (χ3v) is 29.2. The fourth-order valence-electron chi connectivity index (χ4n) is 22.0. The Morgan fingerprint density at radius 2 is 0.345 bits per heavy atom. The Bertz CT molecular complexity index is 8860. The van der Waals surface area contributed by atoms with E-state index < -0.39 is 0 Å². The van der Waals surface area contributed by atoms with Crippen LogP contribution in [0.15, 0.2) is 601 Å². The van der Waals surface area contributed by atoms with Crippen LogP contribution < -0.4 is 14.7 Å². The molecule has 0 amide bonds. The number of fused-ring (bicyclic) bond motifs is 7. The first-order valence-corrected chi connectivity index (χ1v) is 51.1. The van der Waals surface area contributed by atoms with Crippen molar-refractivity contribution >= 4 is 94.3 Å². The van der Waals surface area contributed by atoms with E-state index in [4.69, 9.17) is 0 Å². The summed E-state index contributed by atoms with van der Waals surface area (Å²) in [5.41, 5.74) is 42.1. The number of hydrogen-bond donors (Lipinski definition) is 0. The maximum atomic E-state index is 2.47. The lowest BCUT2D eigenvalue weighted by molar-refractivity contribution is 0.660. The molecule has 25 aromatic rings. The van der Waals surface area contributed by atoms with Crippen molar-refractivity contribution in [3.8, 4) is 134 Å². The lowest BCUT2D eigenvalue weighted by Crippen LogP contribution is -2.16. The summed E-state index contributed by atoms with van der Waals surface area (Å²) in [6.45, 7) is 4.72. The van der Waals surface area contributed by atoms with Crippen LogP contribution in [-0.2, 0) is 5.41 Å². The highest BCUT2D eigenvalue weighted by Crippen LogP contribution is 2.56. The molecule has 25 aromatic carbocycles. The van der Waals surface area contributed by atoms with Gasteiger partial charge in [0.2, 0.25) is 0 Å². The van der Waals surface area contributed by atoms with Crippen molar-refractivity contribution in [2.24, 2.45) is 0 Å². The molecular weight excluding hydrogens is 1780 g/mol. The van der Waals surface area contributed by atoms with Gasteiger partial charge in [0, 0.05) is 55.7 Å². The van der Waals surface area contributed by atoms with E-state index in [0.717, 1.165) is 51.2 Å². The van der Waals surface area contributed by atoms with E-state index in [9.17, 15) is 0 Å². The minimum absolute atomic E-state index is 0.112. The SMILES string of the molecule is CC1(C)c2ccccc2-c2ccc(N(c3ccc(-c4ccccc4)cc3)c3cc(-c4ccccc4)c(-c4ccccc4)c4ccccc34)cc21.c1ccc(-c2ccc(-c3c(-c4ccc(-c5cccc6ccccc56)cc4)cc(N(c4ccccc4)c4ccccc4)c4ccccc34)cc2)cc1.c1ccc(-c2ccc(N(c3ccc(-c4ccccc4)cc3)c3cc(-c4ccccc4)c(-c4ccccc4)c4ccccc34)cc2)cc1. The Labute approximate surface area is 867 Å². The van der Waals surface area contributed by atoms with Crippen LogP contribution in [0.2, 0.25) is 0 Å². The van der Waals surface area contributed by atoms with Crippen molar-refractivity contribution in [3.05, 3.63) is 612 Å². The van der Waals surface area contributed by atoms with Crippen LogP contribution in [0.3, 0.4) is 0 Å². The maximum absolute atomic E-state index is 2.47. The lowest BCUT2D eigenvalue weighted by Gasteiger charge is -2.30. The van der Waals surface area contributed by atoms with Crippen LogP contribution in [0, 0.1) is 0 Å². The van der Waals surface area contributed by atoms with Gasteiger partial charge in [0.25, 0.3) is 0 Å². The third-order valence-electron chi connectivity index (χ3n) is 29.2. The van der Waals surface area contributed by atoms with Crippen molar-refractivity contribution in [3.63, 3.8) is 0 Å². The standard InChI is InChI=1S/C50H35N.C49H37N.C46H33N/c1-4-15-36(16-5-1)37-27-33-41(34-28-37)50-47-25-13-12-24-46(47)49(51(42-19-6-2-7-20-42)43-21-8-3-9-22-43)35-48(50)40-31-29-39(30-32-40)45-26-14-18-38-17-10-11-23-44(38)45;1-49(2)45-25-15-14-22-40(45)41-31-30-39(32-46(41)49)50(38-28-26-35(27-29-38)34-16-6-3-7-17-34)47-33-44(36-18-8-4-9-19-36)48(37-20-10-5-11-21-37)43-24-13-12-23-42(43)47;1-5-15-34(16-6-1)36-25-29-40(30-26-36)47(41-31-27-37(28-32-41)35-17-7-2-8-18-35)45-33-44(38-19-9-3-10-20-38)46(39-21-11-4-12-22-39)43-24-14-13-23-42(43)45/h1-35H;3-33H,1-2H3;1-33H. The van der Waals surface area contributed by atoms with Gasteiger partial charge >= 0.3 is 0 Å². The van der Waals surface area contributed by atoms with E-state index in [0.29, 0.717) is 0 Å². The first-order chi connectivity index (χ1) is 73.2. The monoisotopic (exact) mass is 1890 g/mol. The van der Waals surface area contributed by atoms with Crippen LogP contribution in [-0.4, -0.2) is 0 Å². The molecule has 26 rings (SSSR count). The largest absolute Gasteiger partial charge is 0.310 e. The molecule has 0 bridgehead atoms. The first-order valence-electron chi connectivity index (χ1n) is 51.1. The van der Waals surface area contributed by atoms with Crippen LogP contribution in [0.25, 0.3) is 177 Å². The summed E-state index contributed by atoms with van der Waals surface area (Å²) in [6, 6.07) is 217. The third kappa shape index (κ3) is 18.2. The van der Waals surface area contributed by atoms with E-state index in [1.165, 1.54) is 188 Å². The van der Waals surface area contributed by atoms with Gasteiger partial charge in [0.05, 0.1) is 17.1 Å². The number of rotatable bonds is 20. The normalized spacial score (nSPS) is 11.6. The molecule has 0 atom stereocenters. The van der Waals surface area contributed by atoms with Crippen LogP contribution >= 0.6 is 0 Å². The van der Waals surface area contributed by atoms with Crippen molar-refractivity contribution < 1.29 is 0 Å². The van der Waals surface area contributed by atoms with Gasteiger partial charge in [-0.1, -0.05) is 523 Å². The number of para-hydroxylation sites is 2. The van der Waals surface area contributed by atoms with Gasteiger partial charge in [-0.2, -0.15) is 0 Å². The number of anilines is 9. The van der Waals surface area contributed by atoms with Crippen LogP contribution in [0.1, 0.15) is 25.0 Å². The maximum Gasteiger partial charge on any atom is 0.0546 e. The second kappa shape index (κ2) is 41.1. The quantitative estimate of drug-likeness (QED) is 0.0753. The predicted octanol–water partition coefficient (Wildman–Crippen LogP) is 40.7. The molecule has 1 aliphatic rings. The molecule has 0 fully saturated rings. The molecule has 0 heterocycles. The Hall–Kier alpha value is -19.1. The van der Waals surface area contributed by atoms with Gasteiger partial charge in [0.1, 0.15) is 0 Å². The highest BCUT2D eigenvalue weighted by Gasteiger charge is 2.37. The van der Waals surface area contributed by atoms with E-state index in [2.05, 4.69) is 629 Å². The summed E-state index contributed by atoms with van der Waals surface area (Å²) in [5.74, 6) is 0. The van der Waals surface area contributed by atoms with E-state index in [-0.39, 0.29) is 5.41 Å². The smallest absolute Gasteiger partial charge is 0.0546 e. The van der Waals surface area contributed by atoms with E-state index >= 15 is 0 Å². The van der Waals surface area contributed by atoms with Gasteiger partial charge in [-0.3, -0.25) is 0 Å². The Morgan fingerprint density at radius 1 is 0.128 bits per heavy atom. The van der Waals surface area contributed by atoms with Gasteiger partial charge in [-0.25, -0.2) is 0 Å². The van der Waals surface area contributed by atoms with Gasteiger partial charge in [0.15, 0.2) is 0 Å². The topological polar surface area (TPSA) is 9.72 Å². The minimum atomic E-state index is -0.112. The van der Waals surface area contributed by atoms with Gasteiger partial charge in [-0.15, -0.1) is 0 Å². The second-order valence-electron chi connectivity index (χ2n) is 38.4. The Balaban J connectivity index is 0.000000119. The van der Waals surface area contributed by atoms with Gasteiger partial charge in [-0.05, 0) is 263 Å². The summed E-state index contributed by atoms with van der Waals surface area (Å²) < 4.78 is 0. The zero-order valence-corrected chi connectivity index (χ0v) is 82.5. The highest BCUT2D eigenvalue weighted by atomic mass is 15.2. The van der Waals surface area contributed by atoms with Gasteiger partial charge < -0.3 is 14.7 Å². The van der Waals surface area contributed by atoms with E-state index in [1.807, 2.05) is 0 Å². The zero-order valence-electron chi connectivity index (χ0n) is 82.5. The molecule has 3 nitrogen and oxygen atoms in total. The first kappa shape index (κ1) is 91.4. The summed E-state index contributed by atoms with van der Waals surface area (Å²) >= 11 is 0. The fourth-order valence-corrected chi connectivity index (χ4v) is 22.0.